The predicted octanol–water partition coefficient (Wildman–Crippen LogP) is 3.10. The molecule has 3 amide bonds. The molecule has 0 aliphatic heterocycles. The van der Waals surface area contributed by atoms with E-state index in [4.69, 9.17) is 4.74 Å². The van der Waals surface area contributed by atoms with Crippen molar-refractivity contribution in [1.82, 2.24) is 21.2 Å². The van der Waals surface area contributed by atoms with Gasteiger partial charge >= 0.3 is 0 Å². The molecule has 0 saturated heterocycles. The van der Waals surface area contributed by atoms with Gasteiger partial charge in [0.1, 0.15) is 5.75 Å². The van der Waals surface area contributed by atoms with Gasteiger partial charge in [0, 0.05) is 10.9 Å². The van der Waals surface area contributed by atoms with Crippen LogP contribution in [0.3, 0.4) is 0 Å². The van der Waals surface area contributed by atoms with Crippen molar-refractivity contribution in [1.29, 1.82) is 0 Å². The molecule has 0 saturated carbocycles. The summed E-state index contributed by atoms with van der Waals surface area (Å²) in [5, 5.41) is 3.16. The van der Waals surface area contributed by atoms with Crippen LogP contribution in [-0.2, 0) is 4.79 Å². The number of amides is 3. The molecule has 0 unspecified atom stereocenters. The third-order valence-corrected chi connectivity index (χ3v) is 5.11. The predicted molar refractivity (Wildman–Crippen MR) is 128 cm³/mol. The van der Waals surface area contributed by atoms with Gasteiger partial charge in [-0.2, -0.15) is 0 Å². The van der Waals surface area contributed by atoms with Gasteiger partial charge in [-0.25, -0.2) is 4.98 Å². The molecule has 8 nitrogen and oxygen atoms in total. The number of aromatic nitrogens is 1. The van der Waals surface area contributed by atoms with E-state index in [2.05, 4.69) is 21.2 Å². The molecule has 34 heavy (non-hydrogen) atoms. The van der Waals surface area contributed by atoms with Crippen LogP contribution in [0.15, 0.2) is 84.9 Å². The second-order valence-corrected chi connectivity index (χ2v) is 7.32. The fraction of sp³-hybridized carbons (Fsp3) is 0.0769. The number of carbonyl (C=O) groups excluding carboxylic acids is 3. The van der Waals surface area contributed by atoms with Crippen LogP contribution >= 0.6 is 0 Å². The van der Waals surface area contributed by atoms with E-state index >= 15 is 0 Å². The third-order valence-electron chi connectivity index (χ3n) is 5.11. The van der Waals surface area contributed by atoms with Crippen LogP contribution in [-0.4, -0.2) is 36.4 Å². The summed E-state index contributed by atoms with van der Waals surface area (Å²) < 4.78 is 5.15. The van der Waals surface area contributed by atoms with Crippen molar-refractivity contribution in [2.45, 2.75) is 0 Å². The third kappa shape index (κ3) is 5.02. The number of benzene rings is 3. The van der Waals surface area contributed by atoms with Gasteiger partial charge in [0.2, 0.25) is 0 Å². The van der Waals surface area contributed by atoms with E-state index in [9.17, 15) is 14.4 Å². The lowest BCUT2D eigenvalue weighted by Crippen LogP contribution is -2.46. The molecule has 1 aromatic heterocycles. The number of rotatable bonds is 6. The van der Waals surface area contributed by atoms with Crippen LogP contribution in [0, 0.1) is 0 Å². The first-order valence-electron chi connectivity index (χ1n) is 10.5. The zero-order valence-corrected chi connectivity index (χ0v) is 18.4. The molecular formula is C26H22N4O4. The lowest BCUT2D eigenvalue weighted by Gasteiger charge is -2.12. The topological polar surface area (TPSA) is 109 Å². The zero-order valence-electron chi connectivity index (χ0n) is 18.4. The molecule has 4 rings (SSSR count). The minimum atomic E-state index is -0.585. The first-order chi connectivity index (χ1) is 16.6. The molecule has 0 fully saturated rings. The highest BCUT2D eigenvalue weighted by Crippen LogP contribution is 2.24. The highest BCUT2D eigenvalue weighted by molar-refractivity contribution is 6.07. The molecule has 0 atom stereocenters. The van der Waals surface area contributed by atoms with E-state index in [0.717, 1.165) is 5.56 Å². The molecule has 0 bridgehead atoms. The minimum absolute atomic E-state index is 0.304. The van der Waals surface area contributed by atoms with Crippen molar-refractivity contribution in [3.05, 3.63) is 96.1 Å². The number of nitrogens with zero attached hydrogens (tertiary/aromatic N) is 1. The van der Waals surface area contributed by atoms with Crippen LogP contribution in [0.2, 0.25) is 0 Å². The number of hydrazine groups is 1. The Morgan fingerprint density at radius 1 is 0.794 bits per heavy atom. The largest absolute Gasteiger partial charge is 0.496 e. The van der Waals surface area contributed by atoms with E-state index in [-0.39, 0.29) is 6.54 Å². The zero-order chi connectivity index (χ0) is 23.9. The fourth-order valence-corrected chi connectivity index (χ4v) is 3.45. The maximum atomic E-state index is 12.9. The van der Waals surface area contributed by atoms with Crippen LogP contribution in [0.1, 0.15) is 20.7 Å². The van der Waals surface area contributed by atoms with Gasteiger partial charge in [-0.3, -0.25) is 25.2 Å². The molecule has 0 radical (unpaired) electrons. The SMILES string of the molecule is COc1ccccc1C(=O)NCC(=O)NNC(=O)c1cc(-c2ccccc2)nc2ccccc12. The van der Waals surface area contributed by atoms with Gasteiger partial charge in [-0.05, 0) is 24.3 Å². The van der Waals surface area contributed by atoms with Crippen molar-refractivity contribution >= 4 is 28.6 Å². The Morgan fingerprint density at radius 2 is 1.50 bits per heavy atom. The number of hydrogen-bond donors (Lipinski definition) is 3. The summed E-state index contributed by atoms with van der Waals surface area (Å²) in [6.07, 6.45) is 0. The number of nitrogens with one attached hydrogen (secondary N) is 3. The van der Waals surface area contributed by atoms with Crippen LogP contribution in [0.4, 0.5) is 0 Å². The first-order valence-corrected chi connectivity index (χ1v) is 10.5. The quantitative estimate of drug-likeness (QED) is 0.388. The van der Waals surface area contributed by atoms with E-state index in [0.29, 0.717) is 33.5 Å². The maximum absolute atomic E-state index is 12.9. The van der Waals surface area contributed by atoms with Crippen molar-refractivity contribution in [2.24, 2.45) is 0 Å². The number of para-hydroxylation sites is 2. The van der Waals surface area contributed by atoms with Crippen LogP contribution in [0.5, 0.6) is 5.75 Å². The van der Waals surface area contributed by atoms with Gasteiger partial charge in [0.25, 0.3) is 17.7 Å². The minimum Gasteiger partial charge on any atom is -0.496 e. The van der Waals surface area contributed by atoms with E-state index in [1.807, 2.05) is 48.5 Å². The van der Waals surface area contributed by atoms with Crippen molar-refractivity contribution in [3.8, 4) is 17.0 Å². The van der Waals surface area contributed by atoms with Gasteiger partial charge in [0.05, 0.1) is 36.0 Å². The summed E-state index contributed by atoms with van der Waals surface area (Å²) >= 11 is 0. The van der Waals surface area contributed by atoms with Gasteiger partial charge in [-0.1, -0.05) is 60.7 Å². The smallest absolute Gasteiger partial charge is 0.270 e. The molecule has 3 N–H and O–H groups in total. The molecule has 0 aliphatic carbocycles. The first kappa shape index (κ1) is 22.5. The Bertz CT molecular complexity index is 1360. The fourth-order valence-electron chi connectivity index (χ4n) is 3.45. The number of methoxy groups -OCH3 is 1. The summed E-state index contributed by atoms with van der Waals surface area (Å²) in [6, 6.07) is 25.1. The lowest BCUT2D eigenvalue weighted by molar-refractivity contribution is -0.120. The van der Waals surface area contributed by atoms with E-state index < -0.39 is 17.7 Å². The average molecular weight is 454 g/mol. The Hall–Kier alpha value is -4.72. The summed E-state index contributed by atoms with van der Waals surface area (Å²) in [4.78, 5) is 42.2. The number of carbonyl (C=O) groups is 3. The molecule has 1 heterocycles. The van der Waals surface area contributed by atoms with Crippen molar-refractivity contribution in [2.75, 3.05) is 13.7 Å². The summed E-state index contributed by atoms with van der Waals surface area (Å²) in [6.45, 7) is -0.330. The number of fused-ring (bicyclic) bond motifs is 1. The number of hydrogen-bond acceptors (Lipinski definition) is 5. The molecule has 170 valence electrons. The summed E-state index contributed by atoms with van der Waals surface area (Å²) in [5.74, 6) is -1.16. The lowest BCUT2D eigenvalue weighted by atomic mass is 10.0. The Balaban J connectivity index is 1.44. The normalized spacial score (nSPS) is 10.4. The van der Waals surface area contributed by atoms with Gasteiger partial charge in [-0.15, -0.1) is 0 Å². The molecular weight excluding hydrogens is 432 g/mol. The highest BCUT2D eigenvalue weighted by atomic mass is 16.5. The van der Waals surface area contributed by atoms with Crippen molar-refractivity contribution in [3.63, 3.8) is 0 Å². The van der Waals surface area contributed by atoms with E-state index in [1.165, 1.54) is 7.11 Å². The average Bonchev–Trinajstić information content (AvgIpc) is 2.90. The summed E-state index contributed by atoms with van der Waals surface area (Å²) in [5.41, 5.74) is 7.58. The highest BCUT2D eigenvalue weighted by Gasteiger charge is 2.16. The Kier molecular flexibility index (Phi) is 6.78. The second kappa shape index (κ2) is 10.3. The van der Waals surface area contributed by atoms with Crippen molar-refractivity contribution < 1.29 is 19.1 Å². The molecule has 3 aromatic carbocycles. The molecule has 8 heteroatoms. The second-order valence-electron chi connectivity index (χ2n) is 7.32. The maximum Gasteiger partial charge on any atom is 0.270 e. The number of ether oxygens (including phenoxy) is 1. The summed E-state index contributed by atoms with van der Waals surface area (Å²) in [7, 11) is 1.46. The molecule has 4 aromatic rings. The molecule has 0 spiro atoms. The van der Waals surface area contributed by atoms with Gasteiger partial charge < -0.3 is 10.1 Å². The van der Waals surface area contributed by atoms with E-state index in [1.54, 1.807) is 36.4 Å². The monoisotopic (exact) mass is 454 g/mol. The standard InChI is InChI=1S/C26H22N4O4/c1-34-23-14-8-6-12-19(23)25(32)27-16-24(31)29-30-26(33)20-15-22(17-9-3-2-4-10-17)28-21-13-7-5-11-18(20)21/h2-15H,16H2,1H3,(H,27,32)(H,29,31)(H,30,33). The van der Waals surface area contributed by atoms with Crippen LogP contribution < -0.4 is 20.9 Å². The van der Waals surface area contributed by atoms with Crippen LogP contribution in [0.25, 0.3) is 22.2 Å². The number of pyridine rings is 1. The molecule has 0 aliphatic rings. The van der Waals surface area contributed by atoms with Gasteiger partial charge in [0.15, 0.2) is 0 Å². The Morgan fingerprint density at radius 3 is 2.29 bits per heavy atom. The Labute approximate surface area is 195 Å².